The summed E-state index contributed by atoms with van der Waals surface area (Å²) < 4.78 is 0. The minimum atomic E-state index is -0.564. The standard InChI is InChI=1S/C11H12ClNO2/c12-10-7-5-9(6-8-10)3-1-2-4-11(14)13-15/h5-8H,1-4H2. The number of halogens is 1. The molecule has 0 radical (unpaired) electrons. The Morgan fingerprint density at radius 2 is 1.87 bits per heavy atom. The Bertz CT molecular complexity index is 335. The van der Waals surface area contributed by atoms with Crippen LogP contribution in [0, 0.1) is 4.91 Å². The SMILES string of the molecule is O=NC(=O)CCCCc1ccc(Cl)cc1. The number of hydrogen-bond acceptors (Lipinski definition) is 2. The Balaban J connectivity index is 2.23. The average molecular weight is 226 g/mol. The van der Waals surface area contributed by atoms with Crippen LogP contribution >= 0.6 is 11.6 Å². The van der Waals surface area contributed by atoms with Crippen molar-refractivity contribution in [1.29, 1.82) is 0 Å². The molecule has 0 aliphatic heterocycles. The van der Waals surface area contributed by atoms with Gasteiger partial charge in [-0.05, 0) is 37.0 Å². The second-order valence-electron chi connectivity index (χ2n) is 3.32. The van der Waals surface area contributed by atoms with E-state index in [0.29, 0.717) is 6.42 Å². The zero-order valence-corrected chi connectivity index (χ0v) is 9.04. The molecule has 1 amide bonds. The summed E-state index contributed by atoms with van der Waals surface area (Å²) >= 11 is 5.74. The van der Waals surface area contributed by atoms with E-state index in [1.54, 1.807) is 0 Å². The number of nitroso groups, excluding NO2 is 1. The molecule has 0 saturated carbocycles. The van der Waals surface area contributed by atoms with E-state index in [0.717, 1.165) is 17.9 Å². The number of rotatable bonds is 5. The van der Waals surface area contributed by atoms with Crippen molar-refractivity contribution in [2.75, 3.05) is 0 Å². The molecule has 80 valence electrons. The maximum absolute atomic E-state index is 10.6. The van der Waals surface area contributed by atoms with Crippen LogP contribution in [0.25, 0.3) is 0 Å². The highest BCUT2D eigenvalue weighted by atomic mass is 35.5. The molecule has 0 fully saturated rings. The number of carbonyl (C=O) groups is 1. The first-order valence-corrected chi connectivity index (χ1v) is 5.21. The molecule has 15 heavy (non-hydrogen) atoms. The number of amides is 1. The first-order chi connectivity index (χ1) is 7.22. The molecule has 1 rings (SSSR count). The zero-order valence-electron chi connectivity index (χ0n) is 8.28. The highest BCUT2D eigenvalue weighted by Gasteiger charge is 2.00. The molecule has 0 bridgehead atoms. The number of aryl methyl sites for hydroxylation is 1. The molecule has 0 aliphatic rings. The molecular weight excluding hydrogens is 214 g/mol. The second kappa shape index (κ2) is 6.30. The van der Waals surface area contributed by atoms with Crippen LogP contribution in [0.15, 0.2) is 29.4 Å². The van der Waals surface area contributed by atoms with Gasteiger partial charge >= 0.3 is 0 Å². The summed E-state index contributed by atoms with van der Waals surface area (Å²) in [6.07, 6.45) is 2.72. The van der Waals surface area contributed by atoms with Gasteiger partial charge in [0.15, 0.2) is 0 Å². The third kappa shape index (κ3) is 4.70. The molecular formula is C11H12ClNO2. The molecule has 3 nitrogen and oxygen atoms in total. The lowest BCUT2D eigenvalue weighted by atomic mass is 10.1. The Morgan fingerprint density at radius 1 is 1.20 bits per heavy atom. The van der Waals surface area contributed by atoms with Crippen molar-refractivity contribution in [3.8, 4) is 0 Å². The van der Waals surface area contributed by atoms with Crippen LogP contribution in [0.4, 0.5) is 0 Å². The predicted octanol–water partition coefficient (Wildman–Crippen LogP) is 3.35. The Kier molecular flexibility index (Phi) is 4.98. The molecule has 0 heterocycles. The molecule has 0 unspecified atom stereocenters. The van der Waals surface area contributed by atoms with Crippen LogP contribution in [-0.4, -0.2) is 5.91 Å². The normalized spacial score (nSPS) is 9.93. The maximum atomic E-state index is 10.6. The fourth-order valence-electron chi connectivity index (χ4n) is 1.30. The maximum Gasteiger partial charge on any atom is 0.286 e. The van der Waals surface area contributed by atoms with Crippen LogP contribution in [0.2, 0.25) is 5.02 Å². The van der Waals surface area contributed by atoms with Gasteiger partial charge in [-0.1, -0.05) is 23.7 Å². The number of hydrogen-bond donors (Lipinski definition) is 0. The van der Waals surface area contributed by atoms with Crippen LogP contribution in [-0.2, 0) is 11.2 Å². The third-order valence-electron chi connectivity index (χ3n) is 2.12. The van der Waals surface area contributed by atoms with Gasteiger partial charge in [0.2, 0.25) is 0 Å². The minimum absolute atomic E-state index is 0.247. The number of unbranched alkanes of at least 4 members (excludes halogenated alkanes) is 1. The van der Waals surface area contributed by atoms with Crippen molar-refractivity contribution in [1.82, 2.24) is 0 Å². The van der Waals surface area contributed by atoms with E-state index in [1.807, 2.05) is 24.3 Å². The predicted molar refractivity (Wildman–Crippen MR) is 59.8 cm³/mol. The summed E-state index contributed by atoms with van der Waals surface area (Å²) in [5, 5.41) is 3.06. The van der Waals surface area contributed by atoms with Crippen molar-refractivity contribution in [2.24, 2.45) is 5.18 Å². The van der Waals surface area contributed by atoms with E-state index < -0.39 is 5.91 Å². The molecule has 0 N–H and O–H groups in total. The third-order valence-corrected chi connectivity index (χ3v) is 2.37. The summed E-state index contributed by atoms with van der Waals surface area (Å²) in [4.78, 5) is 20.4. The number of carbonyl (C=O) groups excluding carboxylic acids is 1. The van der Waals surface area contributed by atoms with E-state index in [9.17, 15) is 9.70 Å². The summed E-state index contributed by atoms with van der Waals surface area (Å²) in [7, 11) is 0. The first-order valence-electron chi connectivity index (χ1n) is 4.83. The number of nitrogens with zero attached hydrogens (tertiary/aromatic N) is 1. The van der Waals surface area contributed by atoms with Crippen molar-refractivity contribution in [3.05, 3.63) is 39.8 Å². The van der Waals surface area contributed by atoms with E-state index >= 15 is 0 Å². The van der Waals surface area contributed by atoms with Crippen LogP contribution in [0.3, 0.4) is 0 Å². The van der Waals surface area contributed by atoms with Crippen LogP contribution in [0.1, 0.15) is 24.8 Å². The van der Waals surface area contributed by atoms with Gasteiger partial charge in [0.1, 0.15) is 0 Å². The van der Waals surface area contributed by atoms with E-state index in [4.69, 9.17) is 11.6 Å². The smallest absolute Gasteiger partial charge is 0.269 e. The van der Waals surface area contributed by atoms with Crippen molar-refractivity contribution < 1.29 is 4.79 Å². The van der Waals surface area contributed by atoms with Crippen LogP contribution in [0.5, 0.6) is 0 Å². The van der Waals surface area contributed by atoms with Crippen molar-refractivity contribution in [2.45, 2.75) is 25.7 Å². The van der Waals surface area contributed by atoms with Crippen molar-refractivity contribution in [3.63, 3.8) is 0 Å². The van der Waals surface area contributed by atoms with Crippen LogP contribution < -0.4 is 0 Å². The Morgan fingerprint density at radius 3 is 2.47 bits per heavy atom. The molecule has 0 aliphatic carbocycles. The lowest BCUT2D eigenvalue weighted by Gasteiger charge is -2.00. The highest BCUT2D eigenvalue weighted by molar-refractivity contribution is 6.30. The molecule has 1 aromatic carbocycles. The van der Waals surface area contributed by atoms with E-state index in [1.165, 1.54) is 5.56 Å². The van der Waals surface area contributed by atoms with Gasteiger partial charge in [-0.25, -0.2) is 0 Å². The molecule has 4 heteroatoms. The molecule has 1 aromatic rings. The molecule has 0 aromatic heterocycles. The lowest BCUT2D eigenvalue weighted by Crippen LogP contribution is -1.92. The Hall–Kier alpha value is -1.22. The zero-order chi connectivity index (χ0) is 11.1. The highest BCUT2D eigenvalue weighted by Crippen LogP contribution is 2.12. The fourth-order valence-corrected chi connectivity index (χ4v) is 1.43. The second-order valence-corrected chi connectivity index (χ2v) is 3.76. The first kappa shape index (κ1) is 11.9. The van der Waals surface area contributed by atoms with Gasteiger partial charge in [-0.2, -0.15) is 0 Å². The average Bonchev–Trinajstić information content (AvgIpc) is 2.26. The van der Waals surface area contributed by atoms with Gasteiger partial charge < -0.3 is 0 Å². The van der Waals surface area contributed by atoms with Gasteiger partial charge in [0.25, 0.3) is 5.91 Å². The Labute approximate surface area is 93.4 Å². The molecule has 0 spiro atoms. The van der Waals surface area contributed by atoms with Gasteiger partial charge in [0, 0.05) is 16.6 Å². The van der Waals surface area contributed by atoms with E-state index in [-0.39, 0.29) is 6.42 Å². The quantitative estimate of drug-likeness (QED) is 0.570. The summed E-state index contributed by atoms with van der Waals surface area (Å²) in [5.74, 6) is -0.564. The fraction of sp³-hybridized carbons (Fsp3) is 0.364. The summed E-state index contributed by atoms with van der Waals surface area (Å²) in [5.41, 5.74) is 1.19. The van der Waals surface area contributed by atoms with E-state index in [2.05, 4.69) is 5.18 Å². The largest absolute Gasteiger partial charge is 0.286 e. The van der Waals surface area contributed by atoms with Crippen molar-refractivity contribution >= 4 is 17.5 Å². The summed E-state index contributed by atoms with van der Waals surface area (Å²) in [6, 6.07) is 7.61. The monoisotopic (exact) mass is 225 g/mol. The topological polar surface area (TPSA) is 46.5 Å². The minimum Gasteiger partial charge on any atom is -0.269 e. The van der Waals surface area contributed by atoms with Gasteiger partial charge in [-0.3, -0.25) is 4.79 Å². The number of benzene rings is 1. The van der Waals surface area contributed by atoms with Gasteiger partial charge in [0.05, 0.1) is 0 Å². The molecule has 0 saturated heterocycles. The molecule has 0 atom stereocenters. The van der Waals surface area contributed by atoms with Gasteiger partial charge in [-0.15, -0.1) is 4.91 Å². The lowest BCUT2D eigenvalue weighted by molar-refractivity contribution is -0.118. The summed E-state index contributed by atoms with van der Waals surface area (Å²) in [6.45, 7) is 0.